The van der Waals surface area contributed by atoms with Crippen molar-refractivity contribution in [1.29, 1.82) is 0 Å². The molecule has 0 amide bonds. The first kappa shape index (κ1) is 14.6. The lowest BCUT2D eigenvalue weighted by atomic mass is 9.87. The van der Waals surface area contributed by atoms with Gasteiger partial charge in [-0.25, -0.2) is 4.79 Å². The van der Waals surface area contributed by atoms with Gasteiger partial charge in [0.25, 0.3) is 0 Å². The summed E-state index contributed by atoms with van der Waals surface area (Å²) in [5.41, 5.74) is 0.236. The lowest BCUT2D eigenvalue weighted by Crippen LogP contribution is -2.15. The van der Waals surface area contributed by atoms with Gasteiger partial charge in [0.15, 0.2) is 0 Å². The van der Waals surface area contributed by atoms with E-state index in [0.29, 0.717) is 17.6 Å². The molecule has 1 fully saturated rings. The van der Waals surface area contributed by atoms with Gasteiger partial charge in [-0.3, -0.25) is 0 Å². The molecule has 2 atom stereocenters. The minimum absolute atomic E-state index is 0.309. The first-order valence-corrected chi connectivity index (χ1v) is 6.41. The highest BCUT2D eigenvalue weighted by Crippen LogP contribution is 2.39. The van der Waals surface area contributed by atoms with Crippen LogP contribution in [0, 0.1) is 0 Å². The highest BCUT2D eigenvalue weighted by molar-refractivity contribution is 5.92. The molecular formula is C15H15F3O2. The van der Waals surface area contributed by atoms with Crippen LogP contribution in [0.1, 0.15) is 36.8 Å². The molecule has 1 aromatic rings. The molecule has 1 aromatic carbocycles. The molecule has 0 spiro atoms. The second-order valence-electron chi connectivity index (χ2n) is 4.86. The van der Waals surface area contributed by atoms with Crippen molar-refractivity contribution in [2.75, 3.05) is 0 Å². The van der Waals surface area contributed by atoms with E-state index in [1.54, 1.807) is 0 Å². The standard InChI is InChI=1S/C15H15F3O2/c1-3-4-12-13(9(2)14(19)20-12)10-5-7-11(8-6-10)15(16,17)18/h5-8,12-13H,2-4H2,1H3/t12-,13+/m0/s1. The Morgan fingerprint density at radius 2 is 1.85 bits per heavy atom. The summed E-state index contributed by atoms with van der Waals surface area (Å²) in [6, 6.07) is 4.83. The van der Waals surface area contributed by atoms with Crippen molar-refractivity contribution in [3.8, 4) is 0 Å². The highest BCUT2D eigenvalue weighted by Gasteiger charge is 2.39. The fraction of sp³-hybridized carbons (Fsp3) is 0.400. The van der Waals surface area contributed by atoms with Gasteiger partial charge in [0.1, 0.15) is 6.10 Å². The molecule has 0 bridgehead atoms. The van der Waals surface area contributed by atoms with Crippen LogP contribution in [0.5, 0.6) is 0 Å². The lowest BCUT2D eigenvalue weighted by molar-refractivity contribution is -0.139. The van der Waals surface area contributed by atoms with Crippen molar-refractivity contribution in [2.45, 2.75) is 38.0 Å². The van der Waals surface area contributed by atoms with Crippen LogP contribution >= 0.6 is 0 Å². The smallest absolute Gasteiger partial charge is 0.416 e. The Kier molecular flexibility index (Phi) is 3.88. The fourth-order valence-corrected chi connectivity index (χ4v) is 2.44. The molecule has 0 saturated carbocycles. The van der Waals surface area contributed by atoms with Crippen LogP contribution in [0.15, 0.2) is 36.4 Å². The zero-order valence-corrected chi connectivity index (χ0v) is 11.0. The number of alkyl halides is 3. The third kappa shape index (κ3) is 2.71. The number of benzene rings is 1. The summed E-state index contributed by atoms with van der Waals surface area (Å²) in [4.78, 5) is 11.6. The average molecular weight is 284 g/mol. The molecular weight excluding hydrogens is 269 g/mol. The minimum atomic E-state index is -4.36. The molecule has 1 heterocycles. The number of halogens is 3. The van der Waals surface area contributed by atoms with Crippen molar-refractivity contribution in [3.63, 3.8) is 0 Å². The van der Waals surface area contributed by atoms with E-state index in [2.05, 4.69) is 6.58 Å². The Hall–Kier alpha value is -1.78. The summed E-state index contributed by atoms with van der Waals surface area (Å²) in [6.07, 6.45) is -3.21. The van der Waals surface area contributed by atoms with Gasteiger partial charge in [0, 0.05) is 5.57 Å². The number of rotatable bonds is 3. The Bertz CT molecular complexity index is 517. The Morgan fingerprint density at radius 1 is 1.25 bits per heavy atom. The maximum absolute atomic E-state index is 12.5. The van der Waals surface area contributed by atoms with Crippen LogP contribution in [0.25, 0.3) is 0 Å². The summed E-state index contributed by atoms with van der Waals surface area (Å²) >= 11 is 0. The van der Waals surface area contributed by atoms with Crippen LogP contribution in [0.3, 0.4) is 0 Å². The summed E-state index contributed by atoms with van der Waals surface area (Å²) in [5, 5.41) is 0. The second kappa shape index (κ2) is 5.31. The molecule has 5 heteroatoms. The summed E-state index contributed by atoms with van der Waals surface area (Å²) in [5.74, 6) is -0.821. The van der Waals surface area contributed by atoms with Crippen LogP contribution in [0.2, 0.25) is 0 Å². The van der Waals surface area contributed by atoms with Gasteiger partial charge in [-0.2, -0.15) is 13.2 Å². The molecule has 20 heavy (non-hydrogen) atoms. The van der Waals surface area contributed by atoms with E-state index < -0.39 is 17.7 Å². The number of ether oxygens (including phenoxy) is 1. The zero-order valence-electron chi connectivity index (χ0n) is 11.0. The number of hydrogen-bond acceptors (Lipinski definition) is 2. The number of carbonyl (C=O) groups is 1. The molecule has 0 N–H and O–H groups in total. The summed E-state index contributed by atoms with van der Waals surface area (Å²) in [6.45, 7) is 5.66. The maximum atomic E-state index is 12.5. The van der Waals surface area contributed by atoms with E-state index in [1.165, 1.54) is 12.1 Å². The summed E-state index contributed by atoms with van der Waals surface area (Å²) < 4.78 is 42.8. The van der Waals surface area contributed by atoms with E-state index in [9.17, 15) is 18.0 Å². The van der Waals surface area contributed by atoms with Crippen molar-refractivity contribution >= 4 is 5.97 Å². The van der Waals surface area contributed by atoms with Crippen LogP contribution in [0.4, 0.5) is 13.2 Å². The van der Waals surface area contributed by atoms with Gasteiger partial charge in [-0.15, -0.1) is 0 Å². The van der Waals surface area contributed by atoms with Gasteiger partial charge < -0.3 is 4.74 Å². The Labute approximate surface area is 115 Å². The van der Waals surface area contributed by atoms with E-state index in [1.807, 2.05) is 6.92 Å². The van der Waals surface area contributed by atoms with E-state index >= 15 is 0 Å². The molecule has 0 aromatic heterocycles. The van der Waals surface area contributed by atoms with Gasteiger partial charge in [-0.1, -0.05) is 32.1 Å². The molecule has 0 aliphatic carbocycles. The highest BCUT2D eigenvalue weighted by atomic mass is 19.4. The fourth-order valence-electron chi connectivity index (χ4n) is 2.44. The quantitative estimate of drug-likeness (QED) is 0.617. The number of cyclic esters (lactones) is 1. The lowest BCUT2D eigenvalue weighted by Gasteiger charge is -2.18. The van der Waals surface area contributed by atoms with Crippen molar-refractivity contribution in [2.24, 2.45) is 0 Å². The van der Waals surface area contributed by atoms with Crippen molar-refractivity contribution in [1.82, 2.24) is 0 Å². The second-order valence-corrected chi connectivity index (χ2v) is 4.86. The third-order valence-corrected chi connectivity index (χ3v) is 3.44. The van der Waals surface area contributed by atoms with Gasteiger partial charge in [0.2, 0.25) is 0 Å². The predicted octanol–water partition coefficient (Wildman–Crippen LogP) is 4.07. The van der Waals surface area contributed by atoms with Gasteiger partial charge >= 0.3 is 12.1 Å². The van der Waals surface area contributed by atoms with Crippen molar-refractivity contribution < 1.29 is 22.7 Å². The first-order valence-electron chi connectivity index (χ1n) is 6.41. The number of hydrogen-bond donors (Lipinski definition) is 0. The molecule has 1 saturated heterocycles. The molecule has 108 valence electrons. The molecule has 2 nitrogen and oxygen atoms in total. The van der Waals surface area contributed by atoms with Gasteiger partial charge in [0.05, 0.1) is 11.5 Å². The van der Waals surface area contributed by atoms with Crippen molar-refractivity contribution in [3.05, 3.63) is 47.5 Å². The molecule has 0 unspecified atom stereocenters. The van der Waals surface area contributed by atoms with Crippen LogP contribution in [-0.2, 0) is 15.7 Å². The average Bonchev–Trinajstić information content (AvgIpc) is 2.65. The van der Waals surface area contributed by atoms with E-state index in [4.69, 9.17) is 4.74 Å². The zero-order chi connectivity index (χ0) is 14.9. The first-order chi connectivity index (χ1) is 9.34. The third-order valence-electron chi connectivity index (χ3n) is 3.44. The van der Waals surface area contributed by atoms with Gasteiger partial charge in [-0.05, 0) is 24.1 Å². The minimum Gasteiger partial charge on any atom is -0.458 e. The van der Waals surface area contributed by atoms with Crippen LogP contribution in [-0.4, -0.2) is 12.1 Å². The van der Waals surface area contributed by atoms with Crippen LogP contribution < -0.4 is 0 Å². The number of esters is 1. The Balaban J connectivity index is 2.29. The molecule has 1 aliphatic heterocycles. The predicted molar refractivity (Wildman–Crippen MR) is 68.1 cm³/mol. The topological polar surface area (TPSA) is 26.3 Å². The largest absolute Gasteiger partial charge is 0.458 e. The maximum Gasteiger partial charge on any atom is 0.416 e. The molecule has 2 rings (SSSR count). The molecule has 1 aliphatic rings. The van der Waals surface area contributed by atoms with E-state index in [-0.39, 0.29) is 12.0 Å². The normalized spacial score (nSPS) is 23.0. The SMILES string of the molecule is C=C1C(=O)O[C@@H](CCC)[C@H]1c1ccc(C(F)(F)F)cc1. The monoisotopic (exact) mass is 284 g/mol. The molecule has 0 radical (unpaired) electrons. The number of carbonyl (C=O) groups excluding carboxylic acids is 1. The van der Waals surface area contributed by atoms with E-state index in [0.717, 1.165) is 18.6 Å². The Morgan fingerprint density at radius 3 is 2.35 bits per heavy atom. The summed E-state index contributed by atoms with van der Waals surface area (Å²) in [7, 11) is 0.